The zero-order valence-corrected chi connectivity index (χ0v) is 17.5. The molecular formula is C25H25NO2S. The number of anilines is 1. The van der Waals surface area contributed by atoms with E-state index in [1.54, 1.807) is 6.07 Å². The molecule has 0 aliphatic carbocycles. The van der Waals surface area contributed by atoms with E-state index in [9.17, 15) is 9.59 Å². The average Bonchev–Trinajstić information content (AvgIpc) is 2.78. The van der Waals surface area contributed by atoms with Crippen LogP contribution in [0.4, 0.5) is 5.69 Å². The van der Waals surface area contributed by atoms with E-state index in [0.29, 0.717) is 22.8 Å². The lowest BCUT2D eigenvalue weighted by molar-refractivity contribution is 0.101. The topological polar surface area (TPSA) is 46.2 Å². The number of rotatable bonds is 8. The zero-order valence-electron chi connectivity index (χ0n) is 16.7. The van der Waals surface area contributed by atoms with E-state index in [-0.39, 0.29) is 11.7 Å². The molecule has 0 saturated carbocycles. The van der Waals surface area contributed by atoms with Gasteiger partial charge < -0.3 is 5.32 Å². The predicted octanol–water partition coefficient (Wildman–Crippen LogP) is 6.43. The molecular weight excluding hydrogens is 378 g/mol. The first-order valence-corrected chi connectivity index (χ1v) is 10.8. The molecule has 3 nitrogen and oxygen atoms in total. The molecule has 3 aromatic rings. The summed E-state index contributed by atoms with van der Waals surface area (Å²) in [6, 6.07) is 24.6. The van der Waals surface area contributed by atoms with Gasteiger partial charge in [-0.1, -0.05) is 68.4 Å². The zero-order chi connectivity index (χ0) is 20.6. The van der Waals surface area contributed by atoms with Crippen molar-refractivity contribution in [1.82, 2.24) is 0 Å². The van der Waals surface area contributed by atoms with Crippen LogP contribution in [0, 0.1) is 0 Å². The van der Waals surface area contributed by atoms with Crippen molar-refractivity contribution >= 4 is 29.1 Å². The summed E-state index contributed by atoms with van der Waals surface area (Å²) in [5.74, 6) is 0.647. The SMILES string of the molecule is CCC(C)c1ccccc1NC(=O)c1cccc(SCC(=O)c2ccccc2)c1. The molecule has 0 aliphatic rings. The van der Waals surface area contributed by atoms with Crippen molar-refractivity contribution in [2.45, 2.75) is 31.1 Å². The molecule has 0 aliphatic heterocycles. The van der Waals surface area contributed by atoms with Crippen LogP contribution < -0.4 is 5.32 Å². The Morgan fingerprint density at radius 2 is 1.59 bits per heavy atom. The van der Waals surface area contributed by atoms with E-state index in [0.717, 1.165) is 22.6 Å². The average molecular weight is 404 g/mol. The minimum Gasteiger partial charge on any atom is -0.322 e. The summed E-state index contributed by atoms with van der Waals surface area (Å²) in [4.78, 5) is 26.0. The van der Waals surface area contributed by atoms with Crippen molar-refractivity contribution in [3.05, 3.63) is 95.6 Å². The largest absolute Gasteiger partial charge is 0.322 e. The van der Waals surface area contributed by atoms with Crippen LogP contribution in [0.1, 0.15) is 52.5 Å². The number of benzene rings is 3. The molecule has 0 radical (unpaired) electrons. The van der Waals surface area contributed by atoms with Gasteiger partial charge in [-0.15, -0.1) is 11.8 Å². The van der Waals surface area contributed by atoms with E-state index in [1.165, 1.54) is 11.8 Å². The third-order valence-electron chi connectivity index (χ3n) is 4.91. The third kappa shape index (κ3) is 5.58. The summed E-state index contributed by atoms with van der Waals surface area (Å²) >= 11 is 1.44. The number of para-hydroxylation sites is 1. The van der Waals surface area contributed by atoms with Gasteiger partial charge in [-0.05, 0) is 42.2 Å². The monoisotopic (exact) mass is 403 g/mol. The van der Waals surface area contributed by atoms with Crippen LogP contribution in [0.15, 0.2) is 83.8 Å². The van der Waals surface area contributed by atoms with Crippen molar-refractivity contribution in [2.24, 2.45) is 0 Å². The number of carbonyl (C=O) groups is 2. The fourth-order valence-corrected chi connectivity index (χ4v) is 3.89. The molecule has 0 heterocycles. The molecule has 3 aromatic carbocycles. The minimum absolute atomic E-state index is 0.0768. The van der Waals surface area contributed by atoms with Gasteiger partial charge in [0.15, 0.2) is 5.78 Å². The first-order chi connectivity index (χ1) is 14.1. The Morgan fingerprint density at radius 3 is 2.34 bits per heavy atom. The van der Waals surface area contributed by atoms with E-state index >= 15 is 0 Å². The molecule has 0 fully saturated rings. The van der Waals surface area contributed by atoms with Crippen LogP contribution in [0.25, 0.3) is 0 Å². The maximum Gasteiger partial charge on any atom is 0.255 e. The number of hydrogen-bond acceptors (Lipinski definition) is 3. The Hall–Kier alpha value is -2.85. The Morgan fingerprint density at radius 1 is 0.897 bits per heavy atom. The van der Waals surface area contributed by atoms with E-state index in [4.69, 9.17) is 0 Å². The van der Waals surface area contributed by atoms with Crippen molar-refractivity contribution in [1.29, 1.82) is 0 Å². The van der Waals surface area contributed by atoms with Gasteiger partial charge in [-0.3, -0.25) is 9.59 Å². The van der Waals surface area contributed by atoms with E-state index in [1.807, 2.05) is 66.7 Å². The molecule has 4 heteroatoms. The van der Waals surface area contributed by atoms with Gasteiger partial charge in [0, 0.05) is 21.7 Å². The highest BCUT2D eigenvalue weighted by molar-refractivity contribution is 8.00. The first kappa shape index (κ1) is 20.9. The maximum absolute atomic E-state index is 12.8. The molecule has 0 spiro atoms. The van der Waals surface area contributed by atoms with Crippen molar-refractivity contribution in [2.75, 3.05) is 11.1 Å². The number of hydrogen-bond donors (Lipinski definition) is 1. The minimum atomic E-state index is -0.141. The second-order valence-corrected chi connectivity index (χ2v) is 8.01. The predicted molar refractivity (Wildman–Crippen MR) is 121 cm³/mol. The molecule has 0 saturated heterocycles. The summed E-state index contributed by atoms with van der Waals surface area (Å²) in [7, 11) is 0. The summed E-state index contributed by atoms with van der Waals surface area (Å²) in [6.45, 7) is 4.30. The highest BCUT2D eigenvalue weighted by atomic mass is 32.2. The fourth-order valence-electron chi connectivity index (χ4n) is 3.04. The van der Waals surface area contributed by atoms with Crippen molar-refractivity contribution in [3.8, 4) is 0 Å². The Labute approximate surface area is 176 Å². The number of amides is 1. The molecule has 0 aromatic heterocycles. The van der Waals surface area contributed by atoms with E-state index < -0.39 is 0 Å². The molecule has 1 atom stereocenters. The quantitative estimate of drug-likeness (QED) is 0.348. The van der Waals surface area contributed by atoms with Crippen LogP contribution in [0.2, 0.25) is 0 Å². The summed E-state index contributed by atoms with van der Waals surface area (Å²) < 4.78 is 0. The van der Waals surface area contributed by atoms with Crippen LogP contribution >= 0.6 is 11.8 Å². The second kappa shape index (κ2) is 10.1. The van der Waals surface area contributed by atoms with Gasteiger partial charge in [0.2, 0.25) is 0 Å². The lowest BCUT2D eigenvalue weighted by Gasteiger charge is -2.15. The maximum atomic E-state index is 12.8. The number of nitrogens with one attached hydrogen (secondary N) is 1. The molecule has 1 N–H and O–H groups in total. The van der Waals surface area contributed by atoms with E-state index in [2.05, 4.69) is 25.2 Å². The Bertz CT molecular complexity index is 985. The smallest absolute Gasteiger partial charge is 0.255 e. The standard InChI is InChI=1S/C25H25NO2S/c1-3-18(2)22-14-7-8-15-23(22)26-25(28)20-12-9-13-21(16-20)29-17-24(27)19-10-5-4-6-11-19/h4-16,18H,3,17H2,1-2H3,(H,26,28). The Kier molecular flexibility index (Phi) is 7.25. The summed E-state index contributed by atoms with van der Waals surface area (Å²) in [5, 5.41) is 3.04. The van der Waals surface area contributed by atoms with Gasteiger partial charge in [-0.25, -0.2) is 0 Å². The van der Waals surface area contributed by atoms with Gasteiger partial charge in [0.25, 0.3) is 5.91 Å². The van der Waals surface area contributed by atoms with Gasteiger partial charge in [0.1, 0.15) is 0 Å². The summed E-state index contributed by atoms with van der Waals surface area (Å²) in [5.41, 5.74) is 3.28. The highest BCUT2D eigenvalue weighted by Gasteiger charge is 2.13. The van der Waals surface area contributed by atoms with Gasteiger partial charge >= 0.3 is 0 Å². The second-order valence-electron chi connectivity index (χ2n) is 6.96. The molecule has 0 bridgehead atoms. The van der Waals surface area contributed by atoms with Crippen LogP contribution in [-0.4, -0.2) is 17.4 Å². The van der Waals surface area contributed by atoms with Crippen molar-refractivity contribution < 1.29 is 9.59 Å². The first-order valence-electron chi connectivity index (χ1n) is 9.80. The summed E-state index contributed by atoms with van der Waals surface area (Å²) in [6.07, 6.45) is 1.01. The lowest BCUT2D eigenvalue weighted by Crippen LogP contribution is -2.14. The Balaban J connectivity index is 1.68. The lowest BCUT2D eigenvalue weighted by atomic mass is 9.97. The van der Waals surface area contributed by atoms with Crippen molar-refractivity contribution in [3.63, 3.8) is 0 Å². The van der Waals surface area contributed by atoms with Crippen LogP contribution in [0.3, 0.4) is 0 Å². The fraction of sp³-hybridized carbons (Fsp3) is 0.200. The number of carbonyl (C=O) groups excluding carboxylic acids is 2. The van der Waals surface area contributed by atoms with Gasteiger partial charge in [-0.2, -0.15) is 0 Å². The third-order valence-corrected chi connectivity index (χ3v) is 5.91. The number of Topliss-reactive ketones (excluding diaryl/α,β-unsaturated/α-hetero) is 1. The molecule has 1 amide bonds. The van der Waals surface area contributed by atoms with Gasteiger partial charge in [0.05, 0.1) is 5.75 Å². The molecule has 148 valence electrons. The number of thioether (sulfide) groups is 1. The normalized spacial score (nSPS) is 11.7. The number of ketones is 1. The molecule has 29 heavy (non-hydrogen) atoms. The van der Waals surface area contributed by atoms with Crippen LogP contribution in [0.5, 0.6) is 0 Å². The molecule has 1 unspecified atom stereocenters. The highest BCUT2D eigenvalue weighted by Crippen LogP contribution is 2.27. The van der Waals surface area contributed by atoms with Crippen LogP contribution in [-0.2, 0) is 0 Å². The molecule has 3 rings (SSSR count).